The number of nitrogens with zero attached hydrogens (tertiary/aromatic N) is 3. The van der Waals surface area contributed by atoms with Crippen molar-refractivity contribution in [3.63, 3.8) is 0 Å². The zero-order chi connectivity index (χ0) is 17.9. The van der Waals surface area contributed by atoms with E-state index in [-0.39, 0.29) is 22.5 Å². The summed E-state index contributed by atoms with van der Waals surface area (Å²) in [6, 6.07) is 6.64. The van der Waals surface area contributed by atoms with E-state index in [1.807, 2.05) is 19.0 Å². The Kier molecular flexibility index (Phi) is 5.43. The molecule has 0 saturated heterocycles. The molecule has 1 aliphatic carbocycles. The van der Waals surface area contributed by atoms with E-state index in [2.05, 4.69) is 4.40 Å². The molecule has 0 radical (unpaired) electrons. The molecule has 6 nitrogen and oxygen atoms in total. The Morgan fingerprint density at radius 1 is 1.12 bits per heavy atom. The van der Waals surface area contributed by atoms with Crippen molar-refractivity contribution in [3.8, 4) is 0 Å². The predicted octanol–water partition coefficient (Wildman–Crippen LogP) is 1.71. The third-order valence-electron chi connectivity index (χ3n) is 3.72. The van der Waals surface area contributed by atoms with Crippen molar-refractivity contribution in [2.75, 3.05) is 28.2 Å². The molecule has 1 aromatic rings. The monoisotopic (exact) mass is 349 g/mol. The SMILES string of the molecule is CN(C)/C=C/C(=O)C1CC1c1ccc(S(=O)(=O)/N=C/N(C)C)cc1. The number of hydrogen-bond donors (Lipinski definition) is 0. The highest BCUT2D eigenvalue weighted by atomic mass is 32.2. The highest BCUT2D eigenvalue weighted by Gasteiger charge is 2.42. The van der Waals surface area contributed by atoms with Crippen molar-refractivity contribution in [2.45, 2.75) is 17.2 Å². The average molecular weight is 349 g/mol. The second kappa shape index (κ2) is 7.17. The van der Waals surface area contributed by atoms with E-state index in [0.717, 1.165) is 12.0 Å². The average Bonchev–Trinajstić information content (AvgIpc) is 3.31. The number of carbonyl (C=O) groups is 1. The van der Waals surface area contributed by atoms with Crippen LogP contribution in [-0.2, 0) is 14.8 Å². The first-order valence-electron chi connectivity index (χ1n) is 7.66. The molecule has 1 saturated carbocycles. The van der Waals surface area contributed by atoms with Crippen LogP contribution < -0.4 is 0 Å². The molecule has 0 bridgehead atoms. The summed E-state index contributed by atoms with van der Waals surface area (Å²) in [5.41, 5.74) is 0.988. The summed E-state index contributed by atoms with van der Waals surface area (Å²) in [5, 5.41) is 0. The van der Waals surface area contributed by atoms with Crippen LogP contribution in [0.4, 0.5) is 0 Å². The Morgan fingerprint density at radius 3 is 2.29 bits per heavy atom. The summed E-state index contributed by atoms with van der Waals surface area (Å²) >= 11 is 0. The predicted molar refractivity (Wildman–Crippen MR) is 94.5 cm³/mol. The smallest absolute Gasteiger partial charge is 0.283 e. The molecule has 0 aromatic heterocycles. The van der Waals surface area contributed by atoms with Crippen molar-refractivity contribution < 1.29 is 13.2 Å². The molecule has 0 heterocycles. The van der Waals surface area contributed by atoms with Gasteiger partial charge >= 0.3 is 0 Å². The van der Waals surface area contributed by atoms with Crippen molar-refractivity contribution in [1.82, 2.24) is 9.80 Å². The normalized spacial score (nSPS) is 20.5. The first-order chi connectivity index (χ1) is 11.2. The second-order valence-corrected chi connectivity index (χ2v) is 7.99. The molecule has 1 aromatic carbocycles. The number of benzene rings is 1. The standard InChI is InChI=1S/C17H23N3O3S/c1-19(2)10-9-17(21)16-11-15(16)13-5-7-14(8-6-13)24(22,23)18-12-20(3)4/h5-10,12,15-16H,11H2,1-4H3/b10-9+,18-12+. The van der Waals surface area contributed by atoms with Gasteiger partial charge in [-0.05, 0) is 36.1 Å². The molecular weight excluding hydrogens is 326 g/mol. The van der Waals surface area contributed by atoms with Crippen LogP contribution in [0, 0.1) is 5.92 Å². The van der Waals surface area contributed by atoms with E-state index >= 15 is 0 Å². The molecule has 0 aliphatic heterocycles. The molecule has 130 valence electrons. The first-order valence-corrected chi connectivity index (χ1v) is 9.10. The minimum absolute atomic E-state index is 0.00424. The fraction of sp³-hybridized carbons (Fsp3) is 0.412. The van der Waals surface area contributed by atoms with Crippen molar-refractivity contribution in [3.05, 3.63) is 42.1 Å². The second-order valence-electron chi connectivity index (χ2n) is 6.36. The van der Waals surface area contributed by atoms with Gasteiger partial charge in [-0.2, -0.15) is 8.42 Å². The fourth-order valence-corrected chi connectivity index (χ4v) is 3.24. The van der Waals surface area contributed by atoms with E-state index in [0.29, 0.717) is 0 Å². The number of ketones is 1. The third-order valence-corrected chi connectivity index (χ3v) is 4.96. The van der Waals surface area contributed by atoms with E-state index in [1.54, 1.807) is 55.5 Å². The molecule has 1 aliphatic rings. The van der Waals surface area contributed by atoms with Crippen LogP contribution in [0.5, 0.6) is 0 Å². The van der Waals surface area contributed by atoms with Gasteiger partial charge in [0.05, 0.1) is 4.90 Å². The molecule has 0 N–H and O–H groups in total. The Balaban J connectivity index is 2.05. The van der Waals surface area contributed by atoms with Gasteiger partial charge < -0.3 is 9.80 Å². The maximum atomic E-state index is 12.1. The summed E-state index contributed by atoms with van der Waals surface area (Å²) in [7, 11) is 3.46. The molecule has 2 atom stereocenters. The third kappa shape index (κ3) is 4.67. The van der Waals surface area contributed by atoms with Crippen LogP contribution >= 0.6 is 0 Å². The van der Waals surface area contributed by atoms with Crippen LogP contribution in [0.15, 0.2) is 45.8 Å². The lowest BCUT2D eigenvalue weighted by Crippen LogP contribution is -2.10. The van der Waals surface area contributed by atoms with Gasteiger partial charge in [-0.1, -0.05) is 12.1 Å². The summed E-state index contributed by atoms with van der Waals surface area (Å²) < 4.78 is 27.7. The van der Waals surface area contributed by atoms with Gasteiger partial charge in [-0.25, -0.2) is 0 Å². The first kappa shape index (κ1) is 18.2. The van der Waals surface area contributed by atoms with Crippen LogP contribution in [0.1, 0.15) is 17.9 Å². The summed E-state index contributed by atoms with van der Waals surface area (Å²) in [6.07, 6.45) is 5.41. The minimum Gasteiger partial charge on any atom is -0.383 e. The van der Waals surface area contributed by atoms with Crippen LogP contribution in [0.2, 0.25) is 0 Å². The Morgan fingerprint density at radius 2 is 1.75 bits per heavy atom. The van der Waals surface area contributed by atoms with Crippen molar-refractivity contribution in [2.24, 2.45) is 10.3 Å². The van der Waals surface area contributed by atoms with Gasteiger partial charge in [0.25, 0.3) is 10.0 Å². The van der Waals surface area contributed by atoms with Gasteiger partial charge in [-0.3, -0.25) is 4.79 Å². The lowest BCUT2D eigenvalue weighted by atomic mass is 10.1. The molecule has 2 unspecified atom stereocenters. The number of rotatable bonds is 7. The van der Waals surface area contributed by atoms with Gasteiger partial charge in [0.15, 0.2) is 5.78 Å². The molecule has 0 spiro atoms. The molecular formula is C17H23N3O3S. The van der Waals surface area contributed by atoms with E-state index < -0.39 is 10.0 Å². The maximum absolute atomic E-state index is 12.1. The zero-order valence-electron chi connectivity index (χ0n) is 14.4. The Labute approximate surface area is 143 Å². The summed E-state index contributed by atoms with van der Waals surface area (Å²) in [5.74, 6) is 0.280. The van der Waals surface area contributed by atoms with Gasteiger partial charge in [-0.15, -0.1) is 4.40 Å². The van der Waals surface area contributed by atoms with Crippen LogP contribution in [-0.4, -0.2) is 58.5 Å². The lowest BCUT2D eigenvalue weighted by molar-refractivity contribution is -0.115. The molecule has 1 fully saturated rings. The van der Waals surface area contributed by atoms with Crippen molar-refractivity contribution >= 4 is 22.1 Å². The molecule has 7 heteroatoms. The lowest BCUT2D eigenvalue weighted by Gasteiger charge is -2.05. The zero-order valence-corrected chi connectivity index (χ0v) is 15.2. The Hall–Kier alpha value is -2.15. The number of sulfonamides is 1. The van der Waals surface area contributed by atoms with E-state index in [1.165, 1.54) is 6.34 Å². The number of carbonyl (C=O) groups excluding carboxylic acids is 1. The largest absolute Gasteiger partial charge is 0.383 e. The summed E-state index contributed by atoms with van der Waals surface area (Å²) in [4.78, 5) is 15.6. The Bertz CT molecular complexity index is 750. The fourth-order valence-electron chi connectivity index (χ4n) is 2.33. The van der Waals surface area contributed by atoms with Gasteiger partial charge in [0.1, 0.15) is 6.34 Å². The molecule has 0 amide bonds. The summed E-state index contributed by atoms with van der Waals surface area (Å²) in [6.45, 7) is 0. The number of allylic oxidation sites excluding steroid dienone is 1. The van der Waals surface area contributed by atoms with Gasteiger partial charge in [0.2, 0.25) is 0 Å². The quantitative estimate of drug-likeness (QED) is 0.426. The van der Waals surface area contributed by atoms with Crippen LogP contribution in [0.25, 0.3) is 0 Å². The topological polar surface area (TPSA) is 70.0 Å². The van der Waals surface area contributed by atoms with E-state index in [9.17, 15) is 13.2 Å². The number of hydrogen-bond acceptors (Lipinski definition) is 4. The maximum Gasteiger partial charge on any atom is 0.283 e. The van der Waals surface area contributed by atoms with Crippen molar-refractivity contribution in [1.29, 1.82) is 0 Å². The highest BCUT2D eigenvalue weighted by Crippen LogP contribution is 2.48. The molecule has 2 rings (SSSR count). The highest BCUT2D eigenvalue weighted by molar-refractivity contribution is 7.90. The van der Waals surface area contributed by atoms with E-state index in [4.69, 9.17) is 0 Å². The van der Waals surface area contributed by atoms with Gasteiger partial charge in [0, 0.05) is 40.3 Å². The minimum atomic E-state index is -3.68. The molecule has 24 heavy (non-hydrogen) atoms. The van der Waals surface area contributed by atoms with Crippen LogP contribution in [0.3, 0.4) is 0 Å².